The zero-order valence-electron chi connectivity index (χ0n) is 14.4. The number of nitrogens with one attached hydrogen (secondary N) is 1. The van der Waals surface area contributed by atoms with E-state index >= 15 is 0 Å². The minimum Gasteiger partial charge on any atom is -0.455 e. The Kier molecular flexibility index (Phi) is 6.67. The summed E-state index contributed by atoms with van der Waals surface area (Å²) in [6, 6.07) is 7.46. The third-order valence-corrected chi connectivity index (χ3v) is 4.96. The highest BCUT2D eigenvalue weighted by atomic mass is 35.5. The molecule has 1 saturated carbocycles. The zero-order chi connectivity index (χ0) is 17.6. The second-order valence-electron chi connectivity index (χ2n) is 6.63. The predicted molar refractivity (Wildman–Crippen MR) is 95.1 cm³/mol. The molecule has 0 spiro atoms. The maximum absolute atomic E-state index is 12.7. The van der Waals surface area contributed by atoms with Crippen molar-refractivity contribution in [3.8, 4) is 0 Å². The van der Waals surface area contributed by atoms with Gasteiger partial charge in [0, 0.05) is 11.1 Å². The van der Waals surface area contributed by atoms with Gasteiger partial charge in [-0.05, 0) is 43.9 Å². The van der Waals surface area contributed by atoms with Gasteiger partial charge in [-0.1, -0.05) is 49.9 Å². The summed E-state index contributed by atoms with van der Waals surface area (Å²) in [5.41, 5.74) is 0.286. The fraction of sp³-hybridized carbons (Fsp3) is 0.579. The van der Waals surface area contributed by atoms with Crippen LogP contribution in [0, 0.1) is 0 Å². The van der Waals surface area contributed by atoms with E-state index in [9.17, 15) is 9.59 Å². The fourth-order valence-corrected chi connectivity index (χ4v) is 3.58. The number of amides is 1. The largest absolute Gasteiger partial charge is 0.455 e. The first-order valence-corrected chi connectivity index (χ1v) is 9.08. The molecule has 1 aliphatic rings. The van der Waals surface area contributed by atoms with Gasteiger partial charge in [-0.2, -0.15) is 0 Å². The van der Waals surface area contributed by atoms with Crippen molar-refractivity contribution < 1.29 is 14.3 Å². The van der Waals surface area contributed by atoms with Gasteiger partial charge in [-0.25, -0.2) is 0 Å². The quantitative estimate of drug-likeness (QED) is 0.755. The second-order valence-corrected chi connectivity index (χ2v) is 7.07. The molecule has 0 bridgehead atoms. The Labute approximate surface area is 148 Å². The van der Waals surface area contributed by atoms with Gasteiger partial charge >= 0.3 is 5.97 Å². The normalized spacial score (nSPS) is 17.3. The number of halogens is 1. The molecular formula is C19H26ClNO3. The summed E-state index contributed by atoms with van der Waals surface area (Å²) in [6.45, 7) is 3.80. The van der Waals surface area contributed by atoms with Crippen LogP contribution >= 0.6 is 11.6 Å². The summed E-state index contributed by atoms with van der Waals surface area (Å²) in [6.07, 6.45) is 5.38. The average Bonchev–Trinajstić information content (AvgIpc) is 3.04. The van der Waals surface area contributed by atoms with Crippen LogP contribution in [0.1, 0.15) is 57.9 Å². The summed E-state index contributed by atoms with van der Waals surface area (Å²) >= 11 is 5.95. The molecule has 1 aliphatic carbocycles. The van der Waals surface area contributed by atoms with Gasteiger partial charge in [-0.3, -0.25) is 9.59 Å². The van der Waals surface area contributed by atoms with Crippen LogP contribution in [-0.4, -0.2) is 24.5 Å². The number of hydrogen-bond acceptors (Lipinski definition) is 3. The highest BCUT2D eigenvalue weighted by Gasteiger charge is 2.44. The maximum atomic E-state index is 12.7. The number of benzene rings is 1. The first-order valence-electron chi connectivity index (χ1n) is 8.70. The van der Waals surface area contributed by atoms with Crippen LogP contribution in [0.5, 0.6) is 0 Å². The summed E-state index contributed by atoms with van der Waals surface area (Å²) in [5.74, 6) is -0.547. The summed E-state index contributed by atoms with van der Waals surface area (Å²) in [4.78, 5) is 24.7. The molecule has 0 radical (unpaired) electrons. The van der Waals surface area contributed by atoms with E-state index in [-0.39, 0.29) is 24.5 Å². The molecule has 1 amide bonds. The van der Waals surface area contributed by atoms with Gasteiger partial charge in [0.2, 0.25) is 0 Å². The molecule has 1 fully saturated rings. The smallest absolute Gasteiger partial charge is 0.317 e. The molecule has 1 atom stereocenters. The first kappa shape index (κ1) is 18.8. The van der Waals surface area contributed by atoms with E-state index in [4.69, 9.17) is 16.3 Å². The van der Waals surface area contributed by atoms with Crippen LogP contribution in [0.25, 0.3) is 0 Å². The number of carbonyl (C=O) groups is 2. The van der Waals surface area contributed by atoms with Crippen LogP contribution in [0.2, 0.25) is 5.02 Å². The monoisotopic (exact) mass is 351 g/mol. The predicted octanol–water partition coefficient (Wildman–Crippen LogP) is 4.00. The van der Waals surface area contributed by atoms with Crippen molar-refractivity contribution in [1.29, 1.82) is 0 Å². The standard InChI is InChI=1S/C19H26ClNO3/c1-3-6-14(2)21-17(22)13-24-18(23)19(11-4-5-12-19)15-7-9-16(20)10-8-15/h7-10,14H,3-6,11-13H2,1-2H3,(H,21,22). The van der Waals surface area contributed by atoms with Crippen LogP contribution in [0.3, 0.4) is 0 Å². The van der Waals surface area contributed by atoms with Crippen LogP contribution in [0.15, 0.2) is 24.3 Å². The third-order valence-electron chi connectivity index (χ3n) is 4.71. The number of carbonyl (C=O) groups excluding carboxylic acids is 2. The van der Waals surface area contributed by atoms with Gasteiger partial charge in [0.1, 0.15) is 0 Å². The number of rotatable bonds is 7. The third kappa shape index (κ3) is 4.50. The molecule has 1 unspecified atom stereocenters. The van der Waals surface area contributed by atoms with Crippen molar-refractivity contribution in [2.24, 2.45) is 0 Å². The van der Waals surface area contributed by atoms with Crippen LogP contribution in [0.4, 0.5) is 0 Å². The van der Waals surface area contributed by atoms with Gasteiger partial charge in [0.05, 0.1) is 5.41 Å². The topological polar surface area (TPSA) is 55.4 Å². The van der Waals surface area contributed by atoms with E-state index < -0.39 is 5.41 Å². The lowest BCUT2D eigenvalue weighted by molar-refractivity contribution is -0.154. The zero-order valence-corrected chi connectivity index (χ0v) is 15.2. The molecule has 0 aromatic heterocycles. The highest BCUT2D eigenvalue weighted by Crippen LogP contribution is 2.42. The summed E-state index contributed by atoms with van der Waals surface area (Å²) in [7, 11) is 0. The second kappa shape index (κ2) is 8.52. The average molecular weight is 352 g/mol. The molecule has 1 aromatic rings. The van der Waals surface area contributed by atoms with Crippen molar-refractivity contribution >= 4 is 23.5 Å². The molecule has 1 N–H and O–H groups in total. The lowest BCUT2D eigenvalue weighted by Gasteiger charge is -2.27. The van der Waals surface area contributed by atoms with E-state index in [1.807, 2.05) is 19.1 Å². The molecule has 24 heavy (non-hydrogen) atoms. The van der Waals surface area contributed by atoms with Gasteiger partial charge in [-0.15, -0.1) is 0 Å². The van der Waals surface area contributed by atoms with Gasteiger partial charge in [0.15, 0.2) is 6.61 Å². The Hall–Kier alpha value is -1.55. The molecule has 0 aliphatic heterocycles. The molecule has 4 nitrogen and oxygen atoms in total. The molecular weight excluding hydrogens is 326 g/mol. The Morgan fingerprint density at radius 2 is 1.88 bits per heavy atom. The molecule has 2 rings (SSSR count). The molecule has 1 aromatic carbocycles. The molecule has 0 saturated heterocycles. The lowest BCUT2D eigenvalue weighted by Crippen LogP contribution is -2.39. The van der Waals surface area contributed by atoms with E-state index in [2.05, 4.69) is 12.2 Å². The van der Waals surface area contributed by atoms with Crippen molar-refractivity contribution in [3.05, 3.63) is 34.9 Å². The lowest BCUT2D eigenvalue weighted by atomic mass is 9.79. The maximum Gasteiger partial charge on any atom is 0.317 e. The Morgan fingerprint density at radius 1 is 1.25 bits per heavy atom. The van der Waals surface area contributed by atoms with Gasteiger partial charge in [0.25, 0.3) is 5.91 Å². The van der Waals surface area contributed by atoms with E-state index in [0.29, 0.717) is 5.02 Å². The Balaban J connectivity index is 2.00. The summed E-state index contributed by atoms with van der Waals surface area (Å²) < 4.78 is 5.37. The van der Waals surface area contributed by atoms with Crippen molar-refractivity contribution in [3.63, 3.8) is 0 Å². The van der Waals surface area contributed by atoms with Gasteiger partial charge < -0.3 is 10.1 Å². The van der Waals surface area contributed by atoms with Crippen LogP contribution in [-0.2, 0) is 19.7 Å². The Morgan fingerprint density at radius 3 is 2.46 bits per heavy atom. The van der Waals surface area contributed by atoms with Crippen molar-refractivity contribution in [2.45, 2.75) is 63.8 Å². The van der Waals surface area contributed by atoms with E-state index in [0.717, 1.165) is 44.1 Å². The van der Waals surface area contributed by atoms with Crippen molar-refractivity contribution in [1.82, 2.24) is 5.32 Å². The van der Waals surface area contributed by atoms with Crippen LogP contribution < -0.4 is 5.32 Å². The van der Waals surface area contributed by atoms with E-state index in [1.165, 1.54) is 0 Å². The molecule has 0 heterocycles. The minimum atomic E-state index is -0.639. The Bertz CT molecular complexity index is 564. The number of hydrogen-bond donors (Lipinski definition) is 1. The highest BCUT2D eigenvalue weighted by molar-refractivity contribution is 6.30. The first-order chi connectivity index (χ1) is 11.5. The van der Waals surface area contributed by atoms with E-state index in [1.54, 1.807) is 12.1 Å². The fourth-order valence-electron chi connectivity index (χ4n) is 3.45. The molecule has 132 valence electrons. The SMILES string of the molecule is CCCC(C)NC(=O)COC(=O)C1(c2ccc(Cl)cc2)CCCC1. The summed E-state index contributed by atoms with van der Waals surface area (Å²) in [5, 5.41) is 3.50. The molecule has 5 heteroatoms. The van der Waals surface area contributed by atoms with Crippen molar-refractivity contribution in [2.75, 3.05) is 6.61 Å². The number of ether oxygens (including phenoxy) is 1. The number of esters is 1. The minimum absolute atomic E-state index is 0.0953.